The molecule has 0 amide bonds. The first-order valence-corrected chi connectivity index (χ1v) is 7.15. The molecule has 1 aromatic carbocycles. The molecule has 0 spiro atoms. The number of anilines is 2. The lowest BCUT2D eigenvalue weighted by Crippen LogP contribution is -2.22. The number of halogens is 1. The van der Waals surface area contributed by atoms with Crippen LogP contribution >= 0.6 is 0 Å². The van der Waals surface area contributed by atoms with Gasteiger partial charge in [-0.3, -0.25) is 0 Å². The number of benzene rings is 1. The van der Waals surface area contributed by atoms with Gasteiger partial charge in [-0.05, 0) is 48.4 Å². The number of pyridine rings is 1. The van der Waals surface area contributed by atoms with E-state index in [0.29, 0.717) is 6.04 Å². The second kappa shape index (κ2) is 6.68. The highest BCUT2D eigenvalue weighted by Crippen LogP contribution is 2.25. The zero-order valence-corrected chi connectivity index (χ0v) is 13.0. The summed E-state index contributed by atoms with van der Waals surface area (Å²) in [5.74, 6) is 0.654. The molecule has 2 aromatic rings. The summed E-state index contributed by atoms with van der Waals surface area (Å²) in [5, 5.41) is 3.38. The van der Waals surface area contributed by atoms with Crippen molar-refractivity contribution in [1.29, 1.82) is 0 Å². The second-order valence-electron chi connectivity index (χ2n) is 5.56. The molecule has 3 nitrogen and oxygen atoms in total. The van der Waals surface area contributed by atoms with Crippen LogP contribution in [0.5, 0.6) is 0 Å². The van der Waals surface area contributed by atoms with Crippen molar-refractivity contribution in [3.63, 3.8) is 0 Å². The summed E-state index contributed by atoms with van der Waals surface area (Å²) in [7, 11) is 1.94. The molecule has 1 N–H and O–H groups in total. The molecule has 0 aliphatic rings. The molecule has 0 saturated carbocycles. The van der Waals surface area contributed by atoms with E-state index >= 15 is 0 Å². The average molecular weight is 287 g/mol. The average Bonchev–Trinajstić information content (AvgIpc) is 2.45. The van der Waals surface area contributed by atoms with Crippen molar-refractivity contribution >= 4 is 11.5 Å². The van der Waals surface area contributed by atoms with Crippen molar-refractivity contribution in [3.05, 3.63) is 53.5 Å². The first-order valence-electron chi connectivity index (χ1n) is 7.15. The van der Waals surface area contributed by atoms with Crippen LogP contribution in [0, 0.1) is 12.7 Å². The third-order valence-corrected chi connectivity index (χ3v) is 3.35. The Labute approximate surface area is 125 Å². The summed E-state index contributed by atoms with van der Waals surface area (Å²) in [5.41, 5.74) is 3.18. The van der Waals surface area contributed by atoms with E-state index in [0.717, 1.165) is 29.2 Å². The normalized spacial score (nSPS) is 11.0. The number of rotatable bonds is 5. The predicted molar refractivity (Wildman–Crippen MR) is 85.4 cm³/mol. The Bertz CT molecular complexity index is 593. The molecule has 4 heteroatoms. The van der Waals surface area contributed by atoms with Crippen LogP contribution in [0.4, 0.5) is 15.9 Å². The Hall–Kier alpha value is -1.94. The number of nitrogens with zero attached hydrogens (tertiary/aromatic N) is 2. The maximum atomic E-state index is 13.0. The molecule has 0 radical (unpaired) electrons. The fraction of sp³-hybridized carbons (Fsp3) is 0.353. The maximum absolute atomic E-state index is 13.0. The number of aromatic nitrogens is 1. The molecule has 1 aromatic heterocycles. The Balaban J connectivity index is 2.18. The molecule has 0 bridgehead atoms. The summed E-state index contributed by atoms with van der Waals surface area (Å²) < 4.78 is 13.0. The number of nitrogens with one attached hydrogen (secondary N) is 1. The summed E-state index contributed by atoms with van der Waals surface area (Å²) in [6.07, 6.45) is 1.89. The van der Waals surface area contributed by atoms with Crippen LogP contribution in [0.15, 0.2) is 36.5 Å². The Morgan fingerprint density at radius 1 is 1.24 bits per heavy atom. The Morgan fingerprint density at radius 3 is 2.48 bits per heavy atom. The highest BCUT2D eigenvalue weighted by molar-refractivity contribution is 5.61. The molecule has 21 heavy (non-hydrogen) atoms. The van der Waals surface area contributed by atoms with Crippen molar-refractivity contribution in [2.24, 2.45) is 0 Å². The van der Waals surface area contributed by atoms with Gasteiger partial charge in [0.25, 0.3) is 0 Å². The Morgan fingerprint density at radius 2 is 1.90 bits per heavy atom. The molecule has 2 rings (SSSR count). The lowest BCUT2D eigenvalue weighted by molar-refractivity contribution is 0.588. The largest absolute Gasteiger partial charge is 0.329 e. The van der Waals surface area contributed by atoms with Crippen molar-refractivity contribution < 1.29 is 4.39 Å². The van der Waals surface area contributed by atoms with Crippen LogP contribution < -0.4 is 10.2 Å². The van der Waals surface area contributed by atoms with Crippen molar-refractivity contribution in [2.75, 3.05) is 11.9 Å². The van der Waals surface area contributed by atoms with E-state index in [1.54, 1.807) is 12.1 Å². The van der Waals surface area contributed by atoms with Gasteiger partial charge in [0, 0.05) is 31.5 Å². The first-order chi connectivity index (χ1) is 9.97. The molecule has 0 aliphatic carbocycles. The minimum absolute atomic E-state index is 0.230. The standard InChI is InChI=1S/C17H22FN3/c1-12(2)19-10-14-9-13(3)17(20-11-14)21(4)16-7-5-15(18)6-8-16/h5-9,11-12,19H,10H2,1-4H3. The molecule has 0 unspecified atom stereocenters. The van der Waals surface area contributed by atoms with Crippen LogP contribution in [-0.2, 0) is 6.54 Å². The fourth-order valence-electron chi connectivity index (χ4n) is 2.18. The van der Waals surface area contributed by atoms with Gasteiger partial charge in [-0.25, -0.2) is 9.37 Å². The van der Waals surface area contributed by atoms with Crippen molar-refractivity contribution in [3.8, 4) is 0 Å². The molecular formula is C17H22FN3. The summed E-state index contributed by atoms with van der Waals surface area (Å²) in [6, 6.07) is 9.02. The van der Waals surface area contributed by atoms with Crippen LogP contribution in [0.1, 0.15) is 25.0 Å². The van der Waals surface area contributed by atoms with E-state index < -0.39 is 0 Å². The van der Waals surface area contributed by atoms with Crippen molar-refractivity contribution in [1.82, 2.24) is 10.3 Å². The minimum Gasteiger partial charge on any atom is -0.329 e. The number of aryl methyl sites for hydroxylation is 1. The van der Waals surface area contributed by atoms with Crippen LogP contribution in [0.3, 0.4) is 0 Å². The van der Waals surface area contributed by atoms with Crippen LogP contribution in [0.25, 0.3) is 0 Å². The SMILES string of the molecule is Cc1cc(CNC(C)C)cnc1N(C)c1ccc(F)cc1. The molecular weight excluding hydrogens is 265 g/mol. The molecule has 0 fully saturated rings. The lowest BCUT2D eigenvalue weighted by atomic mass is 10.2. The van der Waals surface area contributed by atoms with E-state index in [1.165, 1.54) is 12.1 Å². The smallest absolute Gasteiger partial charge is 0.135 e. The van der Waals surface area contributed by atoms with E-state index in [-0.39, 0.29) is 5.82 Å². The van der Waals surface area contributed by atoms with E-state index in [9.17, 15) is 4.39 Å². The molecule has 0 aliphatic heterocycles. The van der Waals surface area contributed by atoms with Gasteiger partial charge in [-0.15, -0.1) is 0 Å². The van der Waals surface area contributed by atoms with Crippen LogP contribution in [0.2, 0.25) is 0 Å². The third kappa shape index (κ3) is 4.02. The quantitative estimate of drug-likeness (QED) is 0.906. The van der Waals surface area contributed by atoms with E-state index in [2.05, 4.69) is 30.2 Å². The minimum atomic E-state index is -0.230. The lowest BCUT2D eigenvalue weighted by Gasteiger charge is -2.21. The van der Waals surface area contributed by atoms with Crippen molar-refractivity contribution in [2.45, 2.75) is 33.4 Å². The van der Waals surface area contributed by atoms with Gasteiger partial charge in [0.1, 0.15) is 11.6 Å². The van der Waals surface area contributed by atoms with Crippen LogP contribution in [-0.4, -0.2) is 18.1 Å². The van der Waals surface area contributed by atoms with Gasteiger partial charge < -0.3 is 10.2 Å². The zero-order valence-electron chi connectivity index (χ0n) is 13.0. The predicted octanol–water partition coefficient (Wildman–Crippen LogP) is 3.80. The van der Waals surface area contributed by atoms with Gasteiger partial charge in [0.2, 0.25) is 0 Å². The second-order valence-corrected chi connectivity index (χ2v) is 5.56. The van der Waals surface area contributed by atoms with E-state index in [1.807, 2.05) is 25.1 Å². The maximum Gasteiger partial charge on any atom is 0.135 e. The van der Waals surface area contributed by atoms with E-state index in [4.69, 9.17) is 0 Å². The topological polar surface area (TPSA) is 28.2 Å². The number of hydrogen-bond donors (Lipinski definition) is 1. The van der Waals surface area contributed by atoms with Gasteiger partial charge >= 0.3 is 0 Å². The summed E-state index contributed by atoms with van der Waals surface area (Å²) in [4.78, 5) is 6.51. The molecule has 112 valence electrons. The highest BCUT2D eigenvalue weighted by Gasteiger charge is 2.09. The number of hydrogen-bond acceptors (Lipinski definition) is 3. The van der Waals surface area contributed by atoms with Gasteiger partial charge in [-0.1, -0.05) is 13.8 Å². The van der Waals surface area contributed by atoms with Gasteiger partial charge in [-0.2, -0.15) is 0 Å². The summed E-state index contributed by atoms with van der Waals surface area (Å²) in [6.45, 7) is 7.10. The third-order valence-electron chi connectivity index (χ3n) is 3.35. The molecule has 1 heterocycles. The zero-order chi connectivity index (χ0) is 15.4. The van der Waals surface area contributed by atoms with Gasteiger partial charge in [0.05, 0.1) is 0 Å². The fourth-order valence-corrected chi connectivity index (χ4v) is 2.18. The molecule has 0 atom stereocenters. The monoisotopic (exact) mass is 287 g/mol. The first kappa shape index (κ1) is 15.4. The molecule has 0 saturated heterocycles. The highest BCUT2D eigenvalue weighted by atomic mass is 19.1. The Kier molecular flexibility index (Phi) is 4.91. The summed E-state index contributed by atoms with van der Waals surface area (Å²) >= 11 is 0. The van der Waals surface area contributed by atoms with Gasteiger partial charge in [0.15, 0.2) is 0 Å².